The van der Waals surface area contributed by atoms with Gasteiger partial charge in [0, 0.05) is 7.11 Å². The van der Waals surface area contributed by atoms with Crippen molar-refractivity contribution in [3.8, 4) is 0 Å². The highest BCUT2D eigenvalue weighted by molar-refractivity contribution is 4.94. The molecule has 0 saturated heterocycles. The van der Waals surface area contributed by atoms with Gasteiger partial charge in [-0.3, -0.25) is 0 Å². The van der Waals surface area contributed by atoms with Crippen LogP contribution in [0.4, 0.5) is 0 Å². The van der Waals surface area contributed by atoms with E-state index in [0.29, 0.717) is 6.61 Å². The largest absolute Gasteiger partial charge is 0.384 e. The third kappa shape index (κ3) is 1.51. The van der Waals surface area contributed by atoms with Gasteiger partial charge in [0.1, 0.15) is 6.10 Å². The Morgan fingerprint density at radius 3 is 3.00 bits per heavy atom. The molecule has 52 valence electrons. The van der Waals surface area contributed by atoms with Crippen molar-refractivity contribution < 1.29 is 14.6 Å². The molecule has 1 N–H and O–H groups in total. The molecule has 3 heteroatoms. The van der Waals surface area contributed by atoms with Crippen LogP contribution in [0, 0.1) is 0 Å². The Morgan fingerprint density at radius 1 is 1.78 bits per heavy atom. The molecule has 0 aliphatic carbocycles. The van der Waals surface area contributed by atoms with E-state index in [1.165, 1.54) is 7.11 Å². The predicted octanol–water partition coefficient (Wildman–Crippen LogP) is -0.0938. The van der Waals surface area contributed by atoms with Gasteiger partial charge in [-0.1, -0.05) is 12.2 Å². The van der Waals surface area contributed by atoms with Crippen LogP contribution in [-0.4, -0.2) is 31.2 Å². The van der Waals surface area contributed by atoms with Crippen LogP contribution in [-0.2, 0) is 9.47 Å². The van der Waals surface area contributed by atoms with E-state index in [0.717, 1.165) is 0 Å². The smallest absolute Gasteiger partial charge is 0.187 e. The van der Waals surface area contributed by atoms with E-state index >= 15 is 0 Å². The molecule has 0 aromatic heterocycles. The molecule has 2 unspecified atom stereocenters. The lowest BCUT2D eigenvalue weighted by Crippen LogP contribution is -2.31. The lowest BCUT2D eigenvalue weighted by molar-refractivity contribution is -0.166. The van der Waals surface area contributed by atoms with Crippen LogP contribution in [0.5, 0.6) is 0 Å². The Morgan fingerprint density at radius 2 is 2.56 bits per heavy atom. The van der Waals surface area contributed by atoms with E-state index in [2.05, 4.69) is 0 Å². The normalized spacial score (nSPS) is 34.9. The lowest BCUT2D eigenvalue weighted by Gasteiger charge is -2.21. The minimum Gasteiger partial charge on any atom is -0.384 e. The van der Waals surface area contributed by atoms with Crippen LogP contribution in [0.15, 0.2) is 12.2 Å². The number of hydrogen-bond acceptors (Lipinski definition) is 3. The van der Waals surface area contributed by atoms with Crippen molar-refractivity contribution in [2.24, 2.45) is 0 Å². The summed E-state index contributed by atoms with van der Waals surface area (Å²) in [5.41, 5.74) is 0. The summed E-state index contributed by atoms with van der Waals surface area (Å²) < 4.78 is 9.76. The fraction of sp³-hybridized carbons (Fsp3) is 0.667. The van der Waals surface area contributed by atoms with Gasteiger partial charge in [-0.2, -0.15) is 0 Å². The summed E-state index contributed by atoms with van der Waals surface area (Å²) in [6.07, 6.45) is 2.34. The maximum absolute atomic E-state index is 9.03. The summed E-state index contributed by atoms with van der Waals surface area (Å²) in [4.78, 5) is 0. The van der Waals surface area contributed by atoms with Crippen LogP contribution >= 0.6 is 0 Å². The number of aliphatic hydroxyl groups excluding tert-OH is 1. The van der Waals surface area contributed by atoms with E-state index in [9.17, 15) is 0 Å². The molecule has 0 spiro atoms. The van der Waals surface area contributed by atoms with E-state index in [1.54, 1.807) is 12.2 Å². The molecule has 1 aliphatic heterocycles. The van der Waals surface area contributed by atoms with Crippen LogP contribution in [0.25, 0.3) is 0 Å². The molecule has 1 rings (SSSR count). The van der Waals surface area contributed by atoms with Gasteiger partial charge in [-0.05, 0) is 0 Å². The summed E-state index contributed by atoms with van der Waals surface area (Å²) in [5.74, 6) is 0. The van der Waals surface area contributed by atoms with E-state index in [-0.39, 0.29) is 0 Å². The van der Waals surface area contributed by atoms with Crippen LogP contribution < -0.4 is 0 Å². The SMILES string of the molecule is COC1OCC=CC1O. The summed E-state index contributed by atoms with van der Waals surface area (Å²) in [6, 6.07) is 0. The molecule has 0 amide bonds. The molecular formula is C6H10O3. The van der Waals surface area contributed by atoms with E-state index < -0.39 is 12.4 Å². The Labute approximate surface area is 53.9 Å². The van der Waals surface area contributed by atoms with Crippen molar-refractivity contribution in [1.82, 2.24) is 0 Å². The molecule has 1 heterocycles. The molecule has 0 bridgehead atoms. The summed E-state index contributed by atoms with van der Waals surface area (Å²) in [5, 5.41) is 9.03. The highest BCUT2D eigenvalue weighted by Gasteiger charge is 2.18. The fourth-order valence-corrected chi connectivity index (χ4v) is 0.742. The minimum atomic E-state index is -0.608. The highest BCUT2D eigenvalue weighted by atomic mass is 16.7. The fourth-order valence-electron chi connectivity index (χ4n) is 0.742. The number of rotatable bonds is 1. The zero-order valence-electron chi connectivity index (χ0n) is 5.28. The molecule has 0 aromatic carbocycles. The van der Waals surface area contributed by atoms with Crippen molar-refractivity contribution in [2.45, 2.75) is 12.4 Å². The Balaban J connectivity index is 2.44. The summed E-state index contributed by atoms with van der Waals surface area (Å²) in [6.45, 7) is 0.523. The van der Waals surface area contributed by atoms with Crippen LogP contribution in [0.3, 0.4) is 0 Å². The minimum absolute atomic E-state index is 0.477. The van der Waals surface area contributed by atoms with Gasteiger partial charge in [0.25, 0.3) is 0 Å². The number of aliphatic hydroxyl groups is 1. The van der Waals surface area contributed by atoms with Crippen molar-refractivity contribution in [3.05, 3.63) is 12.2 Å². The molecule has 9 heavy (non-hydrogen) atoms. The molecular weight excluding hydrogens is 120 g/mol. The molecule has 1 aliphatic rings. The third-order valence-electron chi connectivity index (χ3n) is 1.20. The zero-order chi connectivity index (χ0) is 6.69. The monoisotopic (exact) mass is 130 g/mol. The predicted molar refractivity (Wildman–Crippen MR) is 31.9 cm³/mol. The van der Waals surface area contributed by atoms with Gasteiger partial charge in [0.2, 0.25) is 0 Å². The highest BCUT2D eigenvalue weighted by Crippen LogP contribution is 2.06. The molecule has 0 fully saturated rings. The quantitative estimate of drug-likeness (QED) is 0.504. The number of methoxy groups -OCH3 is 1. The first-order chi connectivity index (χ1) is 4.34. The van der Waals surface area contributed by atoms with Gasteiger partial charge >= 0.3 is 0 Å². The Kier molecular flexibility index (Phi) is 2.22. The van der Waals surface area contributed by atoms with Crippen LogP contribution in [0.1, 0.15) is 0 Å². The molecule has 3 nitrogen and oxygen atoms in total. The number of ether oxygens (including phenoxy) is 2. The standard InChI is InChI=1S/C6H10O3/c1-8-6-5(7)3-2-4-9-6/h2-3,5-7H,4H2,1H3. The third-order valence-corrected chi connectivity index (χ3v) is 1.20. The summed E-state index contributed by atoms with van der Waals surface area (Å²) >= 11 is 0. The average molecular weight is 130 g/mol. The second-order valence-electron chi connectivity index (χ2n) is 1.86. The molecule has 0 radical (unpaired) electrons. The lowest BCUT2D eigenvalue weighted by atomic mass is 10.3. The first-order valence-electron chi connectivity index (χ1n) is 2.83. The molecule has 0 saturated carbocycles. The van der Waals surface area contributed by atoms with E-state index in [1.807, 2.05) is 0 Å². The second-order valence-corrected chi connectivity index (χ2v) is 1.86. The Bertz CT molecular complexity index is 111. The van der Waals surface area contributed by atoms with Gasteiger partial charge in [-0.25, -0.2) is 0 Å². The summed E-state index contributed by atoms with van der Waals surface area (Å²) in [7, 11) is 1.51. The maximum Gasteiger partial charge on any atom is 0.187 e. The van der Waals surface area contributed by atoms with Gasteiger partial charge < -0.3 is 14.6 Å². The van der Waals surface area contributed by atoms with Crippen molar-refractivity contribution >= 4 is 0 Å². The van der Waals surface area contributed by atoms with Crippen molar-refractivity contribution in [3.63, 3.8) is 0 Å². The Hall–Kier alpha value is -0.380. The van der Waals surface area contributed by atoms with Gasteiger partial charge in [0.05, 0.1) is 6.61 Å². The van der Waals surface area contributed by atoms with Gasteiger partial charge in [0.15, 0.2) is 6.29 Å². The molecule has 2 atom stereocenters. The molecule has 0 aromatic rings. The second kappa shape index (κ2) is 2.96. The average Bonchev–Trinajstić information content (AvgIpc) is 1.89. The topological polar surface area (TPSA) is 38.7 Å². The number of hydrogen-bond donors (Lipinski definition) is 1. The van der Waals surface area contributed by atoms with Crippen molar-refractivity contribution in [1.29, 1.82) is 0 Å². The first-order valence-corrected chi connectivity index (χ1v) is 2.83. The van der Waals surface area contributed by atoms with Gasteiger partial charge in [-0.15, -0.1) is 0 Å². The van der Waals surface area contributed by atoms with Crippen molar-refractivity contribution in [2.75, 3.05) is 13.7 Å². The maximum atomic E-state index is 9.03. The zero-order valence-corrected chi connectivity index (χ0v) is 5.28. The van der Waals surface area contributed by atoms with E-state index in [4.69, 9.17) is 14.6 Å². The van der Waals surface area contributed by atoms with Crippen LogP contribution in [0.2, 0.25) is 0 Å². The first kappa shape index (κ1) is 6.74.